The highest BCUT2D eigenvalue weighted by molar-refractivity contribution is 7.71. The van der Waals surface area contributed by atoms with Crippen LogP contribution in [0, 0.1) is 10.7 Å². The van der Waals surface area contributed by atoms with Gasteiger partial charge in [0.2, 0.25) is 5.91 Å². The highest BCUT2D eigenvalue weighted by Crippen LogP contribution is 2.49. The molecule has 1 aliphatic heterocycles. The lowest BCUT2D eigenvalue weighted by Crippen LogP contribution is -2.40. The second kappa shape index (κ2) is 7.59. The number of aromatic amines is 1. The van der Waals surface area contributed by atoms with Crippen molar-refractivity contribution >= 4 is 18.1 Å². The third-order valence-corrected chi connectivity index (χ3v) is 6.29. The molecule has 5 nitrogen and oxygen atoms in total. The molecule has 2 aliphatic rings. The number of carbonyl (C=O) groups is 1. The standard InChI is InChI=1S/C20H23F3N4OS/c1-2-27-17(24-25-19(27)29)13-4-3-9-26(11-13)18(28)16-10-15(16)12-5-7-14(8-6-12)20(21,22)23/h5-8,13,15-16H,2-4,9-11H2,1H3,(H,25,29). The molecule has 1 saturated heterocycles. The normalized spacial score (nSPS) is 24.6. The van der Waals surface area contributed by atoms with Gasteiger partial charge in [0.25, 0.3) is 0 Å². The van der Waals surface area contributed by atoms with Crippen molar-refractivity contribution in [2.24, 2.45) is 5.92 Å². The maximum atomic E-state index is 13.0. The summed E-state index contributed by atoms with van der Waals surface area (Å²) in [7, 11) is 0. The molecule has 2 fully saturated rings. The number of rotatable bonds is 4. The highest BCUT2D eigenvalue weighted by Gasteiger charge is 2.46. The Bertz CT molecular complexity index is 950. The third-order valence-electron chi connectivity index (χ3n) is 5.98. The first-order chi connectivity index (χ1) is 13.8. The van der Waals surface area contributed by atoms with Gasteiger partial charge in [-0.15, -0.1) is 0 Å². The summed E-state index contributed by atoms with van der Waals surface area (Å²) in [5.74, 6) is 0.999. The maximum Gasteiger partial charge on any atom is 0.416 e. The predicted molar refractivity (Wildman–Crippen MR) is 104 cm³/mol. The summed E-state index contributed by atoms with van der Waals surface area (Å²) in [6.07, 6.45) is -1.79. The third kappa shape index (κ3) is 3.97. The maximum absolute atomic E-state index is 13.0. The molecule has 1 aliphatic carbocycles. The van der Waals surface area contributed by atoms with E-state index in [1.165, 1.54) is 12.1 Å². The number of likely N-dealkylation sites (tertiary alicyclic amines) is 1. The average molecular weight is 424 g/mol. The Morgan fingerprint density at radius 3 is 2.69 bits per heavy atom. The van der Waals surface area contributed by atoms with Gasteiger partial charge in [-0.05, 0) is 62.0 Å². The molecule has 1 N–H and O–H groups in total. The molecule has 2 heterocycles. The number of amides is 1. The Hall–Kier alpha value is -2.16. The minimum atomic E-state index is -4.34. The molecular weight excluding hydrogens is 401 g/mol. The van der Waals surface area contributed by atoms with Gasteiger partial charge in [0.1, 0.15) is 5.82 Å². The Morgan fingerprint density at radius 1 is 1.31 bits per heavy atom. The van der Waals surface area contributed by atoms with Crippen LogP contribution in [-0.2, 0) is 17.5 Å². The molecule has 3 atom stereocenters. The first kappa shape index (κ1) is 20.1. The lowest BCUT2D eigenvalue weighted by atomic mass is 9.96. The van der Waals surface area contributed by atoms with Gasteiger partial charge < -0.3 is 9.47 Å². The molecule has 1 aromatic carbocycles. The van der Waals surface area contributed by atoms with Crippen molar-refractivity contribution in [3.05, 3.63) is 46.0 Å². The van der Waals surface area contributed by atoms with Crippen LogP contribution in [0.15, 0.2) is 24.3 Å². The van der Waals surface area contributed by atoms with Gasteiger partial charge in [-0.3, -0.25) is 9.89 Å². The fourth-order valence-corrected chi connectivity index (χ4v) is 4.59. The topological polar surface area (TPSA) is 53.9 Å². The van der Waals surface area contributed by atoms with Gasteiger partial charge in [-0.2, -0.15) is 18.3 Å². The molecule has 9 heteroatoms. The molecule has 0 bridgehead atoms. The van der Waals surface area contributed by atoms with Gasteiger partial charge in [0.05, 0.1) is 5.56 Å². The van der Waals surface area contributed by atoms with Crippen molar-refractivity contribution < 1.29 is 18.0 Å². The molecule has 0 spiro atoms. The Labute approximate surface area is 171 Å². The number of H-pyrrole nitrogens is 1. The lowest BCUT2D eigenvalue weighted by molar-refractivity contribution is -0.137. The van der Waals surface area contributed by atoms with Crippen LogP contribution in [0.5, 0.6) is 0 Å². The summed E-state index contributed by atoms with van der Waals surface area (Å²) in [5, 5.41) is 7.21. The summed E-state index contributed by atoms with van der Waals surface area (Å²) in [5.41, 5.74) is 0.143. The molecule has 4 rings (SSSR count). The van der Waals surface area contributed by atoms with Crippen molar-refractivity contribution in [1.82, 2.24) is 19.7 Å². The van der Waals surface area contributed by atoms with E-state index in [0.29, 0.717) is 24.3 Å². The molecule has 0 radical (unpaired) electrons. The first-order valence-electron chi connectivity index (χ1n) is 9.90. The second-order valence-corrected chi connectivity index (χ2v) is 8.21. The zero-order valence-electron chi connectivity index (χ0n) is 16.1. The van der Waals surface area contributed by atoms with Crippen LogP contribution in [0.2, 0.25) is 0 Å². The molecule has 2 aromatic rings. The largest absolute Gasteiger partial charge is 0.416 e. The smallest absolute Gasteiger partial charge is 0.342 e. The van der Waals surface area contributed by atoms with E-state index < -0.39 is 11.7 Å². The van der Waals surface area contributed by atoms with E-state index in [1.54, 1.807) is 0 Å². The Kier molecular flexibility index (Phi) is 5.27. The summed E-state index contributed by atoms with van der Waals surface area (Å²) in [6, 6.07) is 5.19. The summed E-state index contributed by atoms with van der Waals surface area (Å²) < 4.78 is 40.8. The lowest BCUT2D eigenvalue weighted by Gasteiger charge is -2.32. The van der Waals surface area contributed by atoms with E-state index in [2.05, 4.69) is 10.2 Å². The first-order valence-corrected chi connectivity index (χ1v) is 10.3. The second-order valence-electron chi connectivity index (χ2n) is 7.82. The van der Waals surface area contributed by atoms with Crippen LogP contribution in [0.3, 0.4) is 0 Å². The summed E-state index contributed by atoms with van der Waals surface area (Å²) in [4.78, 5) is 14.9. The van der Waals surface area contributed by atoms with Crippen LogP contribution >= 0.6 is 12.2 Å². The SMILES string of the molecule is CCn1c(C2CCCN(C(=O)C3CC3c3ccc(C(F)(F)F)cc3)C2)n[nH]c1=S. The minimum Gasteiger partial charge on any atom is -0.342 e. The number of carbonyl (C=O) groups excluding carboxylic acids is 1. The van der Waals surface area contributed by atoms with Crippen molar-refractivity contribution in [2.75, 3.05) is 13.1 Å². The number of hydrogen-bond donors (Lipinski definition) is 1. The number of benzene rings is 1. The number of nitrogens with one attached hydrogen (secondary N) is 1. The van der Waals surface area contributed by atoms with Crippen LogP contribution in [0.4, 0.5) is 13.2 Å². The van der Waals surface area contributed by atoms with E-state index in [9.17, 15) is 18.0 Å². The van der Waals surface area contributed by atoms with E-state index in [-0.39, 0.29) is 23.7 Å². The van der Waals surface area contributed by atoms with Crippen LogP contribution < -0.4 is 0 Å². The number of halogens is 3. The fourth-order valence-electron chi connectivity index (χ4n) is 4.33. The fraction of sp³-hybridized carbons (Fsp3) is 0.550. The van der Waals surface area contributed by atoms with Crippen LogP contribution in [0.1, 0.15) is 55.0 Å². The number of aromatic nitrogens is 3. The zero-order chi connectivity index (χ0) is 20.8. The summed E-state index contributed by atoms with van der Waals surface area (Å²) in [6.45, 7) is 4.06. The molecule has 1 aromatic heterocycles. The molecular formula is C20H23F3N4OS. The molecule has 156 valence electrons. The average Bonchev–Trinajstić information content (AvgIpc) is 3.42. The number of alkyl halides is 3. The van der Waals surface area contributed by atoms with Gasteiger partial charge in [0.15, 0.2) is 4.77 Å². The summed E-state index contributed by atoms with van der Waals surface area (Å²) >= 11 is 5.27. The van der Waals surface area contributed by atoms with Crippen molar-refractivity contribution in [3.8, 4) is 0 Å². The zero-order valence-corrected chi connectivity index (χ0v) is 16.9. The Morgan fingerprint density at radius 2 is 2.03 bits per heavy atom. The molecule has 1 saturated carbocycles. The van der Waals surface area contributed by atoms with E-state index in [1.807, 2.05) is 16.4 Å². The van der Waals surface area contributed by atoms with E-state index in [4.69, 9.17) is 12.2 Å². The van der Waals surface area contributed by atoms with Crippen molar-refractivity contribution in [2.45, 2.75) is 50.7 Å². The van der Waals surface area contributed by atoms with Gasteiger partial charge >= 0.3 is 6.18 Å². The van der Waals surface area contributed by atoms with E-state index >= 15 is 0 Å². The molecule has 29 heavy (non-hydrogen) atoms. The van der Waals surface area contributed by atoms with Crippen molar-refractivity contribution in [1.29, 1.82) is 0 Å². The quantitative estimate of drug-likeness (QED) is 0.736. The minimum absolute atomic E-state index is 0.00960. The van der Waals surface area contributed by atoms with Gasteiger partial charge in [-0.25, -0.2) is 0 Å². The van der Waals surface area contributed by atoms with Gasteiger partial charge in [0, 0.05) is 31.5 Å². The van der Waals surface area contributed by atoms with Gasteiger partial charge in [-0.1, -0.05) is 12.1 Å². The molecule has 1 amide bonds. The molecule has 3 unspecified atom stereocenters. The Balaban J connectivity index is 1.42. The van der Waals surface area contributed by atoms with Crippen LogP contribution in [0.25, 0.3) is 0 Å². The predicted octanol–water partition coefficient (Wildman–Crippen LogP) is 4.49. The number of hydrogen-bond acceptors (Lipinski definition) is 3. The van der Waals surface area contributed by atoms with Crippen LogP contribution in [-0.4, -0.2) is 38.7 Å². The monoisotopic (exact) mass is 424 g/mol. The van der Waals surface area contributed by atoms with Crippen molar-refractivity contribution in [3.63, 3.8) is 0 Å². The van der Waals surface area contributed by atoms with E-state index in [0.717, 1.165) is 42.9 Å². The number of piperidine rings is 1. The highest BCUT2D eigenvalue weighted by atomic mass is 32.1. The number of nitrogens with zero attached hydrogens (tertiary/aromatic N) is 3.